The van der Waals surface area contributed by atoms with Gasteiger partial charge in [-0.15, -0.1) is 0 Å². The number of ether oxygens (including phenoxy) is 2. The first-order valence-corrected chi connectivity index (χ1v) is 43.3. The maximum atomic E-state index is 17.8. The van der Waals surface area contributed by atoms with Gasteiger partial charge in [0, 0.05) is 0 Å². The van der Waals surface area contributed by atoms with Crippen molar-refractivity contribution < 1.29 is 19.1 Å². The van der Waals surface area contributed by atoms with E-state index in [9.17, 15) is 0 Å². The second-order valence-electron chi connectivity index (χ2n) is 21.5. The summed E-state index contributed by atoms with van der Waals surface area (Å²) < 4.78 is 22.7. The van der Waals surface area contributed by atoms with Gasteiger partial charge in [-0.2, -0.15) is 0 Å². The molecule has 0 aromatic heterocycles. The van der Waals surface area contributed by atoms with Crippen LogP contribution in [0.25, 0.3) is 0 Å². The number of rotatable bonds is 19. The summed E-state index contributed by atoms with van der Waals surface area (Å²) in [7, 11) is 0. The molecule has 4 nitrogen and oxygen atoms in total. The molecule has 2 atom stereocenters. The summed E-state index contributed by atoms with van der Waals surface area (Å²) in [4.78, 5) is 35.6. The number of carbonyl (C=O) groups excluding carboxylic acids is 2. The maximum absolute atomic E-state index is 17.8. The van der Waals surface area contributed by atoms with E-state index < -0.39 is 51.8 Å². The van der Waals surface area contributed by atoms with Crippen molar-refractivity contribution in [1.29, 1.82) is 0 Å². The van der Waals surface area contributed by atoms with Gasteiger partial charge in [0.2, 0.25) is 0 Å². The molecule has 11 aromatic rings. The van der Waals surface area contributed by atoms with E-state index in [1.54, 1.807) is 0 Å². The van der Waals surface area contributed by atoms with Crippen LogP contribution in [0, 0.1) is 20.8 Å². The summed E-state index contributed by atoms with van der Waals surface area (Å²) in [6, 6.07) is 111. The Hall–Kier alpha value is -7.74. The number of aryl methyl sites for hydroxylation is 3. The Balaban J connectivity index is 1.19. The van der Waals surface area contributed by atoms with Gasteiger partial charge in [-0.3, -0.25) is 0 Å². The van der Waals surface area contributed by atoms with Crippen LogP contribution in [0.1, 0.15) is 37.3 Å². The van der Waals surface area contributed by atoms with E-state index in [0.29, 0.717) is 10.5 Å². The molecule has 2 unspecified atom stereocenters. The Morgan fingerprint density at radius 3 is 0.744 bits per heavy atom. The molecule has 11 aromatic carbocycles. The molecule has 0 amide bonds. The fraction of sp³-hybridized carbons (Fsp3) is 0.0933. The third-order valence-electron chi connectivity index (χ3n) is 16.9. The fourth-order valence-electron chi connectivity index (χ4n) is 13.2. The van der Waals surface area contributed by atoms with Gasteiger partial charge < -0.3 is 0 Å². The normalized spacial score (nSPS) is 12.9. The summed E-state index contributed by atoms with van der Waals surface area (Å²) in [6.07, 6.45) is 0. The molecule has 0 radical (unpaired) electrons. The minimum atomic E-state index is -6.87. The summed E-state index contributed by atoms with van der Waals surface area (Å²) in [5.74, 6) is 0. The van der Waals surface area contributed by atoms with Crippen molar-refractivity contribution in [2.75, 3.05) is 13.2 Å². The zero-order chi connectivity index (χ0) is 56.4. The van der Waals surface area contributed by atoms with E-state index in [2.05, 4.69) is 249 Å². The molecular weight excluding hydrogens is 1230 g/mol. The van der Waals surface area contributed by atoms with Gasteiger partial charge in [-0.05, 0) is 0 Å². The Kier molecular flexibility index (Phi) is 17.0. The summed E-state index contributed by atoms with van der Waals surface area (Å²) in [6.45, 7) is 6.09. The molecule has 0 aliphatic heterocycles. The topological polar surface area (TPSA) is 52.6 Å². The van der Waals surface area contributed by atoms with Gasteiger partial charge in [-0.25, -0.2) is 0 Å². The number of hydrogen-bond acceptors (Lipinski definition) is 4. The predicted molar refractivity (Wildman–Crippen MR) is 347 cm³/mol. The molecule has 0 aliphatic rings. The quantitative estimate of drug-likeness (QED) is 0.0757. The Morgan fingerprint density at radius 1 is 0.305 bits per heavy atom. The number of hydrogen-bond donors (Lipinski definition) is 0. The van der Waals surface area contributed by atoms with E-state index >= 15 is 9.59 Å². The molecule has 0 spiro atoms. The van der Waals surface area contributed by atoms with Gasteiger partial charge in [0.05, 0.1) is 0 Å². The fourth-order valence-corrected chi connectivity index (χ4v) is 51.5. The summed E-state index contributed by atoms with van der Waals surface area (Å²) >= 11 is -15.1. The van der Waals surface area contributed by atoms with E-state index in [1.165, 1.54) is 26.4 Å². The van der Waals surface area contributed by atoms with Gasteiger partial charge in [0.15, 0.2) is 0 Å². The van der Waals surface area contributed by atoms with Crippen LogP contribution in [-0.2, 0) is 9.47 Å². The second-order valence-corrected chi connectivity index (χ2v) is 51.4. The summed E-state index contributed by atoms with van der Waals surface area (Å²) in [5.41, 5.74) is 4.86. The molecule has 0 aliphatic carbocycles. The molecule has 0 bridgehead atoms. The summed E-state index contributed by atoms with van der Waals surface area (Å²) in [5, 5.41) is 0. The standard InChI is InChI=1S/2C27H23GeO2.3C7H7.Sb/c2*29-22-30-21-27(23-13-5-1-6-14-23)28(24-15-7-2-8-16-24,25-17-9-3-10-18-25)26-19-11-4-12-20-26;3*1-7-5-3-2-4-6-7;/h2*1-20,27H,21H2;3*2-3,5-6H,1H3;. The molecule has 0 N–H and O–H groups in total. The van der Waals surface area contributed by atoms with E-state index in [-0.39, 0.29) is 22.7 Å². The van der Waals surface area contributed by atoms with Crippen molar-refractivity contribution in [2.24, 2.45) is 0 Å². The van der Waals surface area contributed by atoms with E-state index in [0.717, 1.165) is 27.8 Å². The Labute approximate surface area is 490 Å². The monoisotopic (exact) mass is 1300 g/mol. The van der Waals surface area contributed by atoms with Crippen LogP contribution < -0.4 is 36.9 Å². The van der Waals surface area contributed by atoms with Crippen LogP contribution in [0.3, 0.4) is 0 Å². The molecule has 404 valence electrons. The molecule has 11 rings (SSSR count). The van der Waals surface area contributed by atoms with Crippen molar-refractivity contribution in [3.63, 3.8) is 0 Å². The molecule has 0 heterocycles. The first-order valence-electron chi connectivity index (χ1n) is 28.2. The average molecular weight is 1300 g/mol. The van der Waals surface area contributed by atoms with E-state index in [4.69, 9.17) is 9.47 Å². The SMILES string of the molecule is Cc1ccc[c]([Sb]([C](=O)OC[CH](c2ccccc2)[Ge]([c]2ccccc2)([c]2ccccc2)[c]2ccccc2)([C](=O)OC[CH](c2ccccc2)[Ge]([c]2ccccc2)([c]2ccccc2)[c]2ccccc2)([c]2cccc(C)c2)[c]2cccc(C)c2)c1. The average Bonchev–Trinajstić information content (AvgIpc) is 1.13. The molecular formula is C75H67Ge2O4Sb. The van der Waals surface area contributed by atoms with Crippen molar-refractivity contribution in [2.45, 2.75) is 30.3 Å². The van der Waals surface area contributed by atoms with Gasteiger partial charge >= 0.3 is 494 Å². The van der Waals surface area contributed by atoms with Crippen molar-refractivity contribution >= 4 is 88.7 Å². The molecule has 82 heavy (non-hydrogen) atoms. The Morgan fingerprint density at radius 2 is 0.524 bits per heavy atom. The number of carbonyl (C=O) groups is 2. The zero-order valence-electron chi connectivity index (χ0n) is 46.7. The molecule has 0 fully saturated rings. The van der Waals surface area contributed by atoms with Crippen molar-refractivity contribution in [3.05, 3.63) is 343 Å². The van der Waals surface area contributed by atoms with Crippen LogP contribution in [0.15, 0.2) is 315 Å². The molecule has 0 saturated carbocycles. The van der Waals surface area contributed by atoms with Gasteiger partial charge in [0.1, 0.15) is 0 Å². The first-order chi connectivity index (χ1) is 40.2. The van der Waals surface area contributed by atoms with Crippen molar-refractivity contribution in [3.8, 4) is 0 Å². The zero-order valence-corrected chi connectivity index (χ0v) is 53.4. The van der Waals surface area contributed by atoms with E-state index in [1.807, 2.05) is 87.5 Å². The third-order valence-corrected chi connectivity index (χ3v) is 55.1. The Bertz CT molecular complexity index is 3410. The van der Waals surface area contributed by atoms with Gasteiger partial charge in [-0.1, -0.05) is 0 Å². The minimum absolute atomic E-state index is 0.0127. The molecule has 7 heteroatoms. The van der Waals surface area contributed by atoms with Crippen LogP contribution in [-0.4, -0.2) is 65.0 Å². The predicted octanol–water partition coefficient (Wildman–Crippen LogP) is 11.5. The second kappa shape index (κ2) is 24.8. The van der Waals surface area contributed by atoms with Crippen LogP contribution in [0.4, 0.5) is 9.59 Å². The molecule has 0 saturated heterocycles. The first kappa shape index (κ1) is 56.1. The third kappa shape index (κ3) is 9.93. The number of benzene rings is 11. The van der Waals surface area contributed by atoms with Crippen LogP contribution in [0.2, 0.25) is 0 Å². The van der Waals surface area contributed by atoms with Gasteiger partial charge in [0.25, 0.3) is 0 Å². The van der Waals surface area contributed by atoms with Crippen molar-refractivity contribution in [1.82, 2.24) is 0 Å². The van der Waals surface area contributed by atoms with Crippen LogP contribution >= 0.6 is 0 Å². The van der Waals surface area contributed by atoms with Crippen LogP contribution in [0.5, 0.6) is 0 Å².